The number of methoxy groups -OCH3 is 1. The Kier molecular flexibility index (Phi) is 7.72. The normalized spacial score (nSPS) is 11.0. The molecule has 0 fully saturated rings. The van der Waals surface area contributed by atoms with Gasteiger partial charge in [0.25, 0.3) is 0 Å². The Bertz CT molecular complexity index is 857. The molecule has 0 saturated carbocycles. The molecule has 0 aliphatic carbocycles. The molecule has 0 heterocycles. The van der Waals surface area contributed by atoms with Gasteiger partial charge in [-0.1, -0.05) is 54.6 Å². The van der Waals surface area contributed by atoms with E-state index in [0.717, 1.165) is 18.7 Å². The molecule has 26 heavy (non-hydrogen) atoms. The number of halogens is 1. The zero-order valence-corrected chi connectivity index (χ0v) is 17.1. The molecule has 3 aromatic rings. The van der Waals surface area contributed by atoms with Gasteiger partial charge in [-0.2, -0.15) is 0 Å². The summed E-state index contributed by atoms with van der Waals surface area (Å²) in [6.07, 6.45) is 0.883. The third kappa shape index (κ3) is 5.36. The van der Waals surface area contributed by atoms with Gasteiger partial charge in [-0.05, 0) is 40.5 Å². The average molecular weight is 461 g/mol. The van der Waals surface area contributed by atoms with Crippen molar-refractivity contribution < 1.29 is 4.74 Å². The fourth-order valence-corrected chi connectivity index (χ4v) is 2.78. The smallest absolute Gasteiger partial charge is 0.188 e. The van der Waals surface area contributed by atoms with Crippen LogP contribution in [0.1, 0.15) is 11.1 Å². The number of hydrogen-bond donors (Lipinski definition) is 2. The Balaban J connectivity index is 0.00000243. The number of hydrogen-bond acceptors (Lipinski definition) is 2. The maximum absolute atomic E-state index is 5.99. The summed E-state index contributed by atoms with van der Waals surface area (Å²) in [5.41, 5.74) is 8.40. The van der Waals surface area contributed by atoms with Crippen LogP contribution in [0.5, 0.6) is 5.75 Å². The quantitative estimate of drug-likeness (QED) is 0.330. The van der Waals surface area contributed by atoms with E-state index < -0.39 is 0 Å². The molecule has 0 aliphatic heterocycles. The first-order chi connectivity index (χ1) is 12.3. The number of benzene rings is 3. The predicted octanol–water partition coefficient (Wildman–Crippen LogP) is 4.11. The Morgan fingerprint density at radius 3 is 2.50 bits per heavy atom. The lowest BCUT2D eigenvalue weighted by molar-refractivity contribution is 0.414. The Labute approximate surface area is 171 Å². The third-order valence-corrected chi connectivity index (χ3v) is 4.18. The van der Waals surface area contributed by atoms with Gasteiger partial charge in [-0.25, -0.2) is 4.99 Å². The van der Waals surface area contributed by atoms with E-state index in [1.165, 1.54) is 21.9 Å². The molecule has 0 atom stereocenters. The zero-order chi connectivity index (χ0) is 17.5. The van der Waals surface area contributed by atoms with Gasteiger partial charge in [0.15, 0.2) is 5.96 Å². The van der Waals surface area contributed by atoms with Crippen molar-refractivity contribution in [2.45, 2.75) is 13.0 Å². The lowest BCUT2D eigenvalue weighted by atomic mass is 10.1. The summed E-state index contributed by atoms with van der Waals surface area (Å²) in [7, 11) is 1.67. The predicted molar refractivity (Wildman–Crippen MR) is 119 cm³/mol. The van der Waals surface area contributed by atoms with Crippen LogP contribution in [0, 0.1) is 0 Å². The Morgan fingerprint density at radius 1 is 1.00 bits per heavy atom. The lowest BCUT2D eigenvalue weighted by Crippen LogP contribution is -2.33. The zero-order valence-electron chi connectivity index (χ0n) is 14.8. The minimum absolute atomic E-state index is 0. The van der Waals surface area contributed by atoms with E-state index in [9.17, 15) is 0 Å². The second-order valence-corrected chi connectivity index (χ2v) is 5.86. The average Bonchev–Trinajstić information content (AvgIpc) is 2.67. The molecule has 0 radical (unpaired) electrons. The molecule has 0 spiro atoms. The third-order valence-electron chi connectivity index (χ3n) is 4.18. The van der Waals surface area contributed by atoms with Crippen molar-refractivity contribution >= 4 is 40.7 Å². The molecule has 4 nitrogen and oxygen atoms in total. The summed E-state index contributed by atoms with van der Waals surface area (Å²) in [6, 6.07) is 22.6. The second kappa shape index (κ2) is 10.0. The molecule has 0 bridgehead atoms. The molecule has 5 heteroatoms. The SMILES string of the molecule is COc1ccc(CCNC(N)=NCc2cccc3ccccc23)cc1.I. The molecule has 0 aliphatic rings. The number of rotatable bonds is 6. The summed E-state index contributed by atoms with van der Waals surface area (Å²) in [6.45, 7) is 1.32. The molecule has 0 aromatic heterocycles. The number of fused-ring (bicyclic) bond motifs is 1. The summed E-state index contributed by atoms with van der Waals surface area (Å²) in [4.78, 5) is 4.47. The van der Waals surface area contributed by atoms with Crippen molar-refractivity contribution in [3.8, 4) is 5.75 Å². The van der Waals surface area contributed by atoms with Gasteiger partial charge in [0.2, 0.25) is 0 Å². The maximum Gasteiger partial charge on any atom is 0.188 e. The van der Waals surface area contributed by atoms with E-state index in [0.29, 0.717) is 12.5 Å². The Hall–Kier alpha value is -2.28. The van der Waals surface area contributed by atoms with Crippen molar-refractivity contribution in [3.63, 3.8) is 0 Å². The molecule has 3 aromatic carbocycles. The van der Waals surface area contributed by atoms with E-state index in [-0.39, 0.29) is 24.0 Å². The Morgan fingerprint density at radius 2 is 1.73 bits per heavy atom. The van der Waals surface area contributed by atoms with Crippen LogP contribution < -0.4 is 15.8 Å². The fourth-order valence-electron chi connectivity index (χ4n) is 2.78. The van der Waals surface area contributed by atoms with Gasteiger partial charge in [0, 0.05) is 6.54 Å². The van der Waals surface area contributed by atoms with E-state index in [4.69, 9.17) is 10.5 Å². The van der Waals surface area contributed by atoms with E-state index in [1.54, 1.807) is 7.11 Å². The van der Waals surface area contributed by atoms with Crippen LogP contribution in [0.4, 0.5) is 0 Å². The number of nitrogens with zero attached hydrogens (tertiary/aromatic N) is 1. The molecular weight excluding hydrogens is 437 g/mol. The monoisotopic (exact) mass is 461 g/mol. The summed E-state index contributed by atoms with van der Waals surface area (Å²) in [5.74, 6) is 1.34. The van der Waals surface area contributed by atoms with Gasteiger partial charge in [-0.15, -0.1) is 24.0 Å². The van der Waals surface area contributed by atoms with Crippen LogP contribution in [-0.2, 0) is 13.0 Å². The number of nitrogens with two attached hydrogens (primary N) is 1. The highest BCUT2D eigenvalue weighted by atomic mass is 127. The van der Waals surface area contributed by atoms with Crippen molar-refractivity contribution in [1.29, 1.82) is 0 Å². The number of guanidine groups is 1. The fraction of sp³-hybridized carbons (Fsp3) is 0.190. The summed E-state index contributed by atoms with van der Waals surface area (Å²) in [5, 5.41) is 5.62. The van der Waals surface area contributed by atoms with Crippen LogP contribution in [0.25, 0.3) is 10.8 Å². The topological polar surface area (TPSA) is 59.6 Å². The second-order valence-electron chi connectivity index (χ2n) is 5.86. The molecule has 0 amide bonds. The summed E-state index contributed by atoms with van der Waals surface area (Å²) >= 11 is 0. The van der Waals surface area contributed by atoms with E-state index in [1.807, 2.05) is 24.3 Å². The van der Waals surface area contributed by atoms with E-state index >= 15 is 0 Å². The van der Waals surface area contributed by atoms with Crippen LogP contribution >= 0.6 is 24.0 Å². The van der Waals surface area contributed by atoms with Crippen LogP contribution in [0.15, 0.2) is 71.7 Å². The van der Waals surface area contributed by atoms with Crippen LogP contribution in [-0.4, -0.2) is 19.6 Å². The van der Waals surface area contributed by atoms with Gasteiger partial charge in [-0.3, -0.25) is 0 Å². The first kappa shape index (κ1) is 20.0. The number of nitrogens with one attached hydrogen (secondary N) is 1. The van der Waals surface area contributed by atoms with Gasteiger partial charge in [0.1, 0.15) is 5.75 Å². The molecule has 0 unspecified atom stereocenters. The van der Waals surface area contributed by atoms with E-state index in [2.05, 4.69) is 52.8 Å². The van der Waals surface area contributed by atoms with Crippen LogP contribution in [0.2, 0.25) is 0 Å². The minimum atomic E-state index is 0. The highest BCUT2D eigenvalue weighted by Crippen LogP contribution is 2.19. The first-order valence-corrected chi connectivity index (χ1v) is 8.39. The molecule has 3 N–H and O–H groups in total. The van der Waals surface area contributed by atoms with Crippen molar-refractivity contribution in [1.82, 2.24) is 5.32 Å². The lowest BCUT2D eigenvalue weighted by Gasteiger charge is -2.08. The highest BCUT2D eigenvalue weighted by Gasteiger charge is 2.00. The highest BCUT2D eigenvalue weighted by molar-refractivity contribution is 14.0. The number of aliphatic imine (C=N–C) groups is 1. The standard InChI is InChI=1S/C21H23N3O.HI/c1-25-19-11-9-16(10-12-19)13-14-23-21(22)24-15-18-7-4-6-17-5-2-3-8-20(17)18;/h2-12H,13-15H2,1H3,(H3,22,23,24);1H. The van der Waals surface area contributed by atoms with Gasteiger partial charge in [0.05, 0.1) is 13.7 Å². The molecule has 0 saturated heterocycles. The van der Waals surface area contributed by atoms with Crippen molar-refractivity contribution in [3.05, 3.63) is 77.9 Å². The molecular formula is C21H24IN3O. The van der Waals surface area contributed by atoms with Gasteiger partial charge >= 0.3 is 0 Å². The summed E-state index contributed by atoms with van der Waals surface area (Å²) < 4.78 is 5.16. The van der Waals surface area contributed by atoms with Gasteiger partial charge < -0.3 is 15.8 Å². The number of ether oxygens (including phenoxy) is 1. The molecule has 136 valence electrons. The van der Waals surface area contributed by atoms with Crippen molar-refractivity contribution in [2.75, 3.05) is 13.7 Å². The minimum Gasteiger partial charge on any atom is -0.497 e. The van der Waals surface area contributed by atoms with Crippen molar-refractivity contribution in [2.24, 2.45) is 10.7 Å². The van der Waals surface area contributed by atoms with Crippen LogP contribution in [0.3, 0.4) is 0 Å². The molecule has 3 rings (SSSR count). The first-order valence-electron chi connectivity index (χ1n) is 8.39. The largest absolute Gasteiger partial charge is 0.497 e. The maximum atomic E-state index is 5.99.